The van der Waals surface area contributed by atoms with E-state index in [1.165, 1.54) is 34.2 Å². The fraction of sp³-hybridized carbons (Fsp3) is 0.400. The number of benzene rings is 2. The van der Waals surface area contributed by atoms with Gasteiger partial charge < -0.3 is 5.32 Å². The van der Waals surface area contributed by atoms with Crippen molar-refractivity contribution in [2.75, 3.05) is 7.05 Å². The Kier molecular flexibility index (Phi) is 5.58. The molecule has 1 unspecified atom stereocenters. The van der Waals surface area contributed by atoms with Crippen LogP contribution in [0.1, 0.15) is 34.2 Å². The van der Waals surface area contributed by atoms with E-state index in [1.807, 2.05) is 0 Å². The maximum absolute atomic E-state index is 3.47. The minimum absolute atomic E-state index is 0.535. The third kappa shape index (κ3) is 5.02. The second-order valence-corrected chi connectivity index (χ2v) is 6.21. The van der Waals surface area contributed by atoms with Crippen LogP contribution < -0.4 is 5.32 Å². The van der Waals surface area contributed by atoms with Crippen molar-refractivity contribution >= 4 is 0 Å². The summed E-state index contributed by atoms with van der Waals surface area (Å²) in [4.78, 5) is 0. The van der Waals surface area contributed by atoms with Crippen molar-refractivity contribution in [2.24, 2.45) is 0 Å². The highest BCUT2D eigenvalue weighted by atomic mass is 14.9. The van der Waals surface area contributed by atoms with Gasteiger partial charge in [0.05, 0.1) is 0 Å². The molecule has 0 bridgehead atoms. The minimum atomic E-state index is 0.535. The van der Waals surface area contributed by atoms with Crippen molar-refractivity contribution in [3.8, 4) is 0 Å². The predicted molar refractivity (Wildman–Crippen MR) is 92.0 cm³/mol. The maximum Gasteiger partial charge on any atom is 0.0108 e. The molecule has 0 radical (unpaired) electrons. The van der Waals surface area contributed by atoms with Crippen LogP contribution in [0.3, 0.4) is 0 Å². The molecule has 0 saturated carbocycles. The Balaban J connectivity index is 1.95. The zero-order chi connectivity index (χ0) is 15.2. The highest BCUT2D eigenvalue weighted by Crippen LogP contribution is 2.14. The van der Waals surface area contributed by atoms with Gasteiger partial charge in [-0.15, -0.1) is 0 Å². The van der Waals surface area contributed by atoms with Gasteiger partial charge in [-0.3, -0.25) is 0 Å². The van der Waals surface area contributed by atoms with Crippen LogP contribution in [0.4, 0.5) is 0 Å². The van der Waals surface area contributed by atoms with Gasteiger partial charge in [0, 0.05) is 6.04 Å². The molecule has 0 aliphatic carbocycles. The summed E-state index contributed by atoms with van der Waals surface area (Å²) in [5.41, 5.74) is 6.92. The van der Waals surface area contributed by atoms with Crippen molar-refractivity contribution in [2.45, 2.75) is 46.1 Å². The van der Waals surface area contributed by atoms with Crippen LogP contribution in [0, 0.1) is 20.8 Å². The van der Waals surface area contributed by atoms with Crippen LogP contribution in [0.25, 0.3) is 0 Å². The van der Waals surface area contributed by atoms with E-state index in [0.717, 1.165) is 12.8 Å². The monoisotopic (exact) mass is 281 g/mol. The molecule has 1 nitrogen and oxygen atoms in total. The van der Waals surface area contributed by atoms with Crippen molar-refractivity contribution in [3.63, 3.8) is 0 Å². The van der Waals surface area contributed by atoms with E-state index in [-0.39, 0.29) is 0 Å². The molecule has 21 heavy (non-hydrogen) atoms. The van der Waals surface area contributed by atoms with Gasteiger partial charge in [-0.2, -0.15) is 0 Å². The van der Waals surface area contributed by atoms with E-state index in [4.69, 9.17) is 0 Å². The van der Waals surface area contributed by atoms with E-state index in [0.29, 0.717) is 6.04 Å². The molecule has 0 aliphatic rings. The van der Waals surface area contributed by atoms with Gasteiger partial charge >= 0.3 is 0 Å². The van der Waals surface area contributed by atoms with Crippen molar-refractivity contribution in [1.82, 2.24) is 5.32 Å². The van der Waals surface area contributed by atoms with E-state index < -0.39 is 0 Å². The molecule has 2 rings (SSSR count). The lowest BCUT2D eigenvalue weighted by Crippen LogP contribution is -2.28. The van der Waals surface area contributed by atoms with Crippen LogP contribution in [-0.4, -0.2) is 13.1 Å². The van der Waals surface area contributed by atoms with Gasteiger partial charge in [0.15, 0.2) is 0 Å². The molecule has 0 heterocycles. The molecule has 2 aromatic rings. The Bertz CT molecular complexity index is 549. The summed E-state index contributed by atoms with van der Waals surface area (Å²) >= 11 is 0. The van der Waals surface area contributed by atoms with Crippen LogP contribution in [0.2, 0.25) is 0 Å². The average molecular weight is 281 g/mol. The number of nitrogens with one attached hydrogen (secondary N) is 1. The molecular formula is C20H27N. The third-order valence-electron chi connectivity index (χ3n) is 4.07. The SMILES string of the molecule is CNC(CCc1ccc(C)cc1)Cc1cc(C)cc(C)c1. The first-order valence-corrected chi connectivity index (χ1v) is 7.87. The summed E-state index contributed by atoms with van der Waals surface area (Å²) in [5.74, 6) is 0. The number of hydrogen-bond donors (Lipinski definition) is 1. The lowest BCUT2D eigenvalue weighted by atomic mass is 9.97. The van der Waals surface area contributed by atoms with Gasteiger partial charge in [0.2, 0.25) is 0 Å². The highest BCUT2D eigenvalue weighted by molar-refractivity contribution is 5.29. The Hall–Kier alpha value is -1.60. The predicted octanol–water partition coefficient (Wildman–Crippen LogP) is 4.38. The standard InChI is InChI=1S/C20H27N/c1-15-5-7-18(8-6-15)9-10-20(21-4)14-19-12-16(2)11-17(3)13-19/h5-8,11-13,20-21H,9-10,14H2,1-4H3. The van der Waals surface area contributed by atoms with Gasteiger partial charge in [0.25, 0.3) is 0 Å². The minimum Gasteiger partial charge on any atom is -0.317 e. The molecular weight excluding hydrogens is 254 g/mol. The van der Waals surface area contributed by atoms with Crippen LogP contribution in [0.5, 0.6) is 0 Å². The molecule has 0 spiro atoms. The Labute approximate surface area is 129 Å². The lowest BCUT2D eigenvalue weighted by Gasteiger charge is -2.17. The smallest absolute Gasteiger partial charge is 0.0108 e. The summed E-state index contributed by atoms with van der Waals surface area (Å²) in [6.07, 6.45) is 3.41. The molecule has 1 heteroatoms. The highest BCUT2D eigenvalue weighted by Gasteiger charge is 2.08. The summed E-state index contributed by atoms with van der Waals surface area (Å²) in [6, 6.07) is 16.3. The molecule has 1 atom stereocenters. The summed E-state index contributed by atoms with van der Waals surface area (Å²) < 4.78 is 0. The molecule has 0 saturated heterocycles. The Morgan fingerprint density at radius 1 is 0.810 bits per heavy atom. The van der Waals surface area contributed by atoms with Gasteiger partial charge in [-0.05, 0) is 58.2 Å². The first kappa shape index (κ1) is 15.8. The second-order valence-electron chi connectivity index (χ2n) is 6.21. The fourth-order valence-electron chi connectivity index (χ4n) is 2.92. The van der Waals surface area contributed by atoms with Crippen LogP contribution >= 0.6 is 0 Å². The number of rotatable bonds is 6. The van der Waals surface area contributed by atoms with E-state index in [2.05, 4.69) is 75.6 Å². The largest absolute Gasteiger partial charge is 0.317 e. The summed E-state index contributed by atoms with van der Waals surface area (Å²) in [5, 5.41) is 3.47. The first-order chi connectivity index (χ1) is 10.1. The zero-order valence-corrected chi connectivity index (χ0v) is 13.7. The molecule has 0 fully saturated rings. The van der Waals surface area contributed by atoms with Crippen LogP contribution in [0.15, 0.2) is 42.5 Å². The fourth-order valence-corrected chi connectivity index (χ4v) is 2.92. The van der Waals surface area contributed by atoms with Crippen molar-refractivity contribution in [3.05, 3.63) is 70.3 Å². The molecule has 2 aromatic carbocycles. The topological polar surface area (TPSA) is 12.0 Å². The van der Waals surface area contributed by atoms with E-state index in [9.17, 15) is 0 Å². The quantitative estimate of drug-likeness (QED) is 0.829. The normalized spacial score (nSPS) is 12.4. The Morgan fingerprint density at radius 3 is 2.00 bits per heavy atom. The number of aryl methyl sites for hydroxylation is 4. The summed E-state index contributed by atoms with van der Waals surface area (Å²) in [7, 11) is 2.07. The van der Waals surface area contributed by atoms with E-state index >= 15 is 0 Å². The van der Waals surface area contributed by atoms with Crippen molar-refractivity contribution < 1.29 is 0 Å². The first-order valence-electron chi connectivity index (χ1n) is 7.87. The molecule has 1 N–H and O–H groups in total. The summed E-state index contributed by atoms with van der Waals surface area (Å²) in [6.45, 7) is 6.49. The number of likely N-dealkylation sites (N-methyl/N-ethyl adjacent to an activating group) is 1. The van der Waals surface area contributed by atoms with Gasteiger partial charge in [0.1, 0.15) is 0 Å². The number of hydrogen-bond acceptors (Lipinski definition) is 1. The zero-order valence-electron chi connectivity index (χ0n) is 13.7. The maximum atomic E-state index is 3.47. The average Bonchev–Trinajstić information content (AvgIpc) is 2.44. The van der Waals surface area contributed by atoms with Crippen LogP contribution in [-0.2, 0) is 12.8 Å². The van der Waals surface area contributed by atoms with Crippen molar-refractivity contribution in [1.29, 1.82) is 0 Å². The van der Waals surface area contributed by atoms with Gasteiger partial charge in [-0.1, -0.05) is 59.2 Å². The molecule has 112 valence electrons. The molecule has 0 aliphatic heterocycles. The second kappa shape index (κ2) is 7.42. The third-order valence-corrected chi connectivity index (χ3v) is 4.07. The lowest BCUT2D eigenvalue weighted by molar-refractivity contribution is 0.520. The van der Waals surface area contributed by atoms with E-state index in [1.54, 1.807) is 0 Å². The Morgan fingerprint density at radius 2 is 1.43 bits per heavy atom. The van der Waals surface area contributed by atoms with Gasteiger partial charge in [-0.25, -0.2) is 0 Å². The molecule has 0 amide bonds. The molecule has 0 aromatic heterocycles.